The number of ether oxygens (including phenoxy) is 2. The van der Waals surface area contributed by atoms with Crippen LogP contribution in [0.5, 0.6) is 11.5 Å². The molecule has 0 atom stereocenters. The molecule has 0 spiro atoms. The zero-order chi connectivity index (χ0) is 20.4. The molecule has 1 N–H and O–H groups in total. The predicted molar refractivity (Wildman–Crippen MR) is 113 cm³/mol. The molecule has 3 aromatic rings. The molecular weight excluding hydrogens is 378 g/mol. The van der Waals surface area contributed by atoms with Crippen LogP contribution in [-0.2, 0) is 12.1 Å². The molecule has 7 nitrogen and oxygen atoms in total. The van der Waals surface area contributed by atoms with Crippen LogP contribution in [0.15, 0.2) is 48.5 Å². The number of fused-ring (bicyclic) bond motifs is 1. The molecule has 1 saturated carbocycles. The van der Waals surface area contributed by atoms with E-state index in [1.807, 2.05) is 28.9 Å². The van der Waals surface area contributed by atoms with Crippen molar-refractivity contribution in [3.05, 3.63) is 59.9 Å². The summed E-state index contributed by atoms with van der Waals surface area (Å²) in [5.74, 6) is 3.09. The summed E-state index contributed by atoms with van der Waals surface area (Å²) < 4.78 is 13.3. The van der Waals surface area contributed by atoms with Crippen molar-refractivity contribution in [1.29, 1.82) is 0 Å². The molecule has 2 heterocycles. The second-order valence-corrected chi connectivity index (χ2v) is 8.35. The van der Waals surface area contributed by atoms with Gasteiger partial charge in [-0.15, -0.1) is 5.10 Å². The molecule has 5 rings (SSSR count). The van der Waals surface area contributed by atoms with Gasteiger partial charge in [-0.05, 0) is 59.7 Å². The molecule has 1 aliphatic carbocycles. The van der Waals surface area contributed by atoms with E-state index >= 15 is 0 Å². The SMILES string of the molecule is CC1CCC(NCc2ccccc2)(c2nnnn2-c2ccc3c(c2)OCCO3)CC1. The zero-order valence-corrected chi connectivity index (χ0v) is 17.3. The van der Waals surface area contributed by atoms with Crippen LogP contribution >= 0.6 is 0 Å². The molecule has 1 aromatic heterocycles. The maximum absolute atomic E-state index is 5.77. The van der Waals surface area contributed by atoms with Gasteiger partial charge in [0.15, 0.2) is 17.3 Å². The van der Waals surface area contributed by atoms with Crippen molar-refractivity contribution < 1.29 is 9.47 Å². The molecular formula is C23H27N5O2. The van der Waals surface area contributed by atoms with Crippen LogP contribution in [0, 0.1) is 5.92 Å². The number of nitrogens with zero attached hydrogens (tertiary/aromatic N) is 4. The van der Waals surface area contributed by atoms with Gasteiger partial charge < -0.3 is 14.8 Å². The Morgan fingerprint density at radius 1 is 1.03 bits per heavy atom. The maximum atomic E-state index is 5.77. The van der Waals surface area contributed by atoms with Gasteiger partial charge in [0.05, 0.1) is 11.2 Å². The van der Waals surface area contributed by atoms with Crippen LogP contribution in [0.4, 0.5) is 0 Å². The van der Waals surface area contributed by atoms with Gasteiger partial charge in [-0.25, -0.2) is 0 Å². The summed E-state index contributed by atoms with van der Waals surface area (Å²) in [7, 11) is 0. The minimum absolute atomic E-state index is 0.265. The lowest BCUT2D eigenvalue weighted by molar-refractivity contribution is 0.171. The lowest BCUT2D eigenvalue weighted by atomic mass is 9.76. The van der Waals surface area contributed by atoms with Crippen molar-refractivity contribution >= 4 is 0 Å². The average molecular weight is 406 g/mol. The third-order valence-electron chi connectivity index (χ3n) is 6.27. The Balaban J connectivity index is 1.49. The molecule has 1 aliphatic heterocycles. The van der Waals surface area contributed by atoms with Gasteiger partial charge in [0, 0.05) is 12.6 Å². The van der Waals surface area contributed by atoms with E-state index in [-0.39, 0.29) is 5.54 Å². The first-order chi connectivity index (χ1) is 14.7. The molecule has 0 amide bonds. The smallest absolute Gasteiger partial charge is 0.176 e. The Morgan fingerprint density at radius 3 is 2.60 bits per heavy atom. The second kappa shape index (κ2) is 8.07. The van der Waals surface area contributed by atoms with E-state index in [1.54, 1.807) is 0 Å². The molecule has 0 bridgehead atoms. The van der Waals surface area contributed by atoms with Crippen LogP contribution in [0.25, 0.3) is 5.69 Å². The first-order valence-electron chi connectivity index (χ1n) is 10.7. The number of hydrogen-bond acceptors (Lipinski definition) is 6. The van der Waals surface area contributed by atoms with Gasteiger partial charge >= 0.3 is 0 Å². The number of hydrogen-bond donors (Lipinski definition) is 1. The highest BCUT2D eigenvalue weighted by molar-refractivity contribution is 5.49. The van der Waals surface area contributed by atoms with Gasteiger partial charge in [0.25, 0.3) is 0 Å². The average Bonchev–Trinajstić information content (AvgIpc) is 3.30. The Labute approximate surface area is 176 Å². The topological polar surface area (TPSA) is 74.1 Å². The summed E-state index contributed by atoms with van der Waals surface area (Å²) in [6, 6.07) is 16.4. The quantitative estimate of drug-likeness (QED) is 0.699. The van der Waals surface area contributed by atoms with Crippen LogP contribution < -0.4 is 14.8 Å². The highest BCUT2D eigenvalue weighted by atomic mass is 16.6. The minimum Gasteiger partial charge on any atom is -0.486 e. The molecule has 0 radical (unpaired) electrons. The molecule has 2 aromatic carbocycles. The Morgan fingerprint density at radius 2 is 1.80 bits per heavy atom. The summed E-state index contributed by atoms with van der Waals surface area (Å²) in [6.45, 7) is 4.24. The number of tetrazole rings is 1. The fourth-order valence-electron chi connectivity index (χ4n) is 4.42. The fraction of sp³-hybridized carbons (Fsp3) is 0.435. The highest BCUT2D eigenvalue weighted by Crippen LogP contribution is 2.40. The standard InChI is InChI=1S/C23H27N5O2/c1-17-9-11-23(12-10-17,24-16-18-5-3-2-4-6-18)22-25-26-27-28(22)19-7-8-20-21(15-19)30-14-13-29-20/h2-8,15,17,24H,9-14,16H2,1H3. The molecule has 0 unspecified atom stereocenters. The number of benzene rings is 2. The maximum Gasteiger partial charge on any atom is 0.176 e. The third-order valence-corrected chi connectivity index (χ3v) is 6.27. The van der Waals surface area contributed by atoms with Crippen molar-refractivity contribution in [3.8, 4) is 17.2 Å². The van der Waals surface area contributed by atoms with E-state index in [4.69, 9.17) is 9.47 Å². The first-order valence-corrected chi connectivity index (χ1v) is 10.7. The van der Waals surface area contributed by atoms with E-state index in [9.17, 15) is 0 Å². The predicted octanol–water partition coefficient (Wildman–Crippen LogP) is 3.63. The van der Waals surface area contributed by atoms with Crippen molar-refractivity contribution in [2.24, 2.45) is 5.92 Å². The van der Waals surface area contributed by atoms with Gasteiger partial charge in [-0.3, -0.25) is 0 Å². The highest BCUT2D eigenvalue weighted by Gasteiger charge is 2.40. The summed E-state index contributed by atoms with van der Waals surface area (Å²) in [4.78, 5) is 0. The van der Waals surface area contributed by atoms with Crippen molar-refractivity contribution in [3.63, 3.8) is 0 Å². The van der Waals surface area contributed by atoms with Crippen LogP contribution in [-0.4, -0.2) is 33.4 Å². The monoisotopic (exact) mass is 405 g/mol. The molecule has 0 saturated heterocycles. The van der Waals surface area contributed by atoms with Crippen molar-refractivity contribution in [2.45, 2.75) is 44.7 Å². The van der Waals surface area contributed by atoms with E-state index in [0.717, 1.165) is 61.2 Å². The van der Waals surface area contributed by atoms with E-state index < -0.39 is 0 Å². The van der Waals surface area contributed by atoms with E-state index in [2.05, 4.69) is 52.0 Å². The van der Waals surface area contributed by atoms with Crippen LogP contribution in [0.1, 0.15) is 44.0 Å². The first kappa shape index (κ1) is 19.1. The summed E-state index contributed by atoms with van der Waals surface area (Å²) in [6.07, 6.45) is 4.31. The third kappa shape index (κ3) is 3.65. The Kier molecular flexibility index (Phi) is 5.12. The number of nitrogens with one attached hydrogen (secondary N) is 1. The molecule has 156 valence electrons. The minimum atomic E-state index is -0.265. The molecule has 1 fully saturated rings. The van der Waals surface area contributed by atoms with E-state index in [0.29, 0.717) is 13.2 Å². The summed E-state index contributed by atoms with van der Waals surface area (Å²) >= 11 is 0. The molecule has 2 aliphatic rings. The summed E-state index contributed by atoms with van der Waals surface area (Å²) in [5.41, 5.74) is 1.88. The lowest BCUT2D eigenvalue weighted by Gasteiger charge is -2.39. The zero-order valence-electron chi connectivity index (χ0n) is 17.3. The molecule has 30 heavy (non-hydrogen) atoms. The number of rotatable bonds is 5. The molecule has 7 heteroatoms. The van der Waals surface area contributed by atoms with Gasteiger partial charge in [-0.2, -0.15) is 4.68 Å². The van der Waals surface area contributed by atoms with Crippen LogP contribution in [0.3, 0.4) is 0 Å². The largest absolute Gasteiger partial charge is 0.486 e. The lowest BCUT2D eigenvalue weighted by Crippen LogP contribution is -2.46. The Bertz CT molecular complexity index is 996. The van der Waals surface area contributed by atoms with Gasteiger partial charge in [0.2, 0.25) is 0 Å². The van der Waals surface area contributed by atoms with Gasteiger partial charge in [0.1, 0.15) is 13.2 Å². The van der Waals surface area contributed by atoms with Crippen molar-refractivity contribution in [2.75, 3.05) is 13.2 Å². The fourth-order valence-corrected chi connectivity index (χ4v) is 4.42. The van der Waals surface area contributed by atoms with Gasteiger partial charge in [-0.1, -0.05) is 37.3 Å². The van der Waals surface area contributed by atoms with Crippen LogP contribution in [0.2, 0.25) is 0 Å². The second-order valence-electron chi connectivity index (χ2n) is 8.35. The normalized spacial score (nSPS) is 23.3. The van der Waals surface area contributed by atoms with Crippen molar-refractivity contribution in [1.82, 2.24) is 25.5 Å². The summed E-state index contributed by atoms with van der Waals surface area (Å²) in [5, 5.41) is 16.7. The van der Waals surface area contributed by atoms with E-state index in [1.165, 1.54) is 5.56 Å². The number of aromatic nitrogens is 4. The Hall–Kier alpha value is -2.93.